The van der Waals surface area contributed by atoms with E-state index in [1.165, 1.54) is 6.08 Å². The topological polar surface area (TPSA) is 46.6 Å². The van der Waals surface area contributed by atoms with E-state index in [9.17, 15) is 9.59 Å². The van der Waals surface area contributed by atoms with Gasteiger partial charge in [0.15, 0.2) is 0 Å². The fraction of sp³-hybridized carbons (Fsp3) is 0.467. The van der Waals surface area contributed by atoms with E-state index in [4.69, 9.17) is 4.74 Å². The van der Waals surface area contributed by atoms with Crippen LogP contribution < -0.4 is 0 Å². The molecular formula is C15H21NO3S. The highest BCUT2D eigenvalue weighted by atomic mass is 32.2. The van der Waals surface area contributed by atoms with E-state index >= 15 is 0 Å². The van der Waals surface area contributed by atoms with Crippen molar-refractivity contribution in [1.29, 1.82) is 0 Å². The lowest BCUT2D eigenvalue weighted by Gasteiger charge is -2.34. The molecule has 1 saturated heterocycles. The SMILES string of the molecule is C=C/C(C)=C(\C=C)C(=O)N1CCSCC1C(=O)OCC. The Hall–Kier alpha value is -1.49. The van der Waals surface area contributed by atoms with Crippen LogP contribution in [0.3, 0.4) is 0 Å². The molecule has 20 heavy (non-hydrogen) atoms. The third-order valence-corrected chi connectivity index (χ3v) is 4.14. The standard InChI is InChI=1S/C15H21NO3S/c1-5-11(4)12(6-2)14(17)16-8-9-20-10-13(16)15(18)19-7-3/h5-6,13H,1-2,7-10H2,3-4H3/b12-11+. The molecule has 1 unspecified atom stereocenters. The van der Waals surface area contributed by atoms with Crippen molar-refractivity contribution in [1.82, 2.24) is 4.90 Å². The molecule has 0 aromatic heterocycles. The normalized spacial score (nSPS) is 19.9. The van der Waals surface area contributed by atoms with Gasteiger partial charge in [-0.3, -0.25) is 4.79 Å². The quantitative estimate of drug-likeness (QED) is 0.443. The summed E-state index contributed by atoms with van der Waals surface area (Å²) in [6.45, 7) is 11.8. The molecule has 1 atom stereocenters. The molecule has 0 aromatic rings. The minimum Gasteiger partial charge on any atom is -0.464 e. The minimum absolute atomic E-state index is 0.184. The van der Waals surface area contributed by atoms with Gasteiger partial charge in [0.2, 0.25) is 0 Å². The predicted molar refractivity (Wildman–Crippen MR) is 82.6 cm³/mol. The highest BCUT2D eigenvalue weighted by Crippen LogP contribution is 2.21. The number of nitrogens with zero attached hydrogens (tertiary/aromatic N) is 1. The second-order valence-electron chi connectivity index (χ2n) is 4.35. The van der Waals surface area contributed by atoms with Gasteiger partial charge in [0.25, 0.3) is 5.91 Å². The van der Waals surface area contributed by atoms with Crippen molar-refractivity contribution in [3.05, 3.63) is 36.5 Å². The summed E-state index contributed by atoms with van der Waals surface area (Å²) in [6, 6.07) is -0.520. The van der Waals surface area contributed by atoms with Gasteiger partial charge in [-0.2, -0.15) is 11.8 Å². The Bertz CT molecular complexity index is 442. The molecule has 5 heteroatoms. The smallest absolute Gasteiger partial charge is 0.329 e. The number of ether oxygens (including phenoxy) is 1. The van der Waals surface area contributed by atoms with Gasteiger partial charge in [-0.05, 0) is 19.4 Å². The average Bonchev–Trinajstić information content (AvgIpc) is 2.47. The Morgan fingerprint density at radius 3 is 2.65 bits per heavy atom. The molecule has 0 spiro atoms. The molecule has 1 heterocycles. The summed E-state index contributed by atoms with van der Waals surface area (Å²) >= 11 is 1.66. The second kappa shape index (κ2) is 7.94. The Morgan fingerprint density at radius 2 is 2.10 bits per heavy atom. The summed E-state index contributed by atoms with van der Waals surface area (Å²) < 4.78 is 5.05. The van der Waals surface area contributed by atoms with Crippen LogP contribution in [0.2, 0.25) is 0 Å². The van der Waals surface area contributed by atoms with E-state index in [0.29, 0.717) is 24.5 Å². The lowest BCUT2D eigenvalue weighted by atomic mass is 10.1. The van der Waals surface area contributed by atoms with Crippen LogP contribution in [0.1, 0.15) is 13.8 Å². The number of allylic oxidation sites excluding steroid dienone is 2. The van der Waals surface area contributed by atoms with Gasteiger partial charge in [0.05, 0.1) is 6.61 Å². The fourth-order valence-corrected chi connectivity index (χ4v) is 2.99. The van der Waals surface area contributed by atoms with Crippen LogP contribution in [0.25, 0.3) is 0 Å². The summed E-state index contributed by atoms with van der Waals surface area (Å²) in [5, 5.41) is 0. The van der Waals surface area contributed by atoms with Gasteiger partial charge < -0.3 is 9.64 Å². The van der Waals surface area contributed by atoms with Crippen LogP contribution in [-0.4, -0.2) is 47.5 Å². The summed E-state index contributed by atoms with van der Waals surface area (Å²) in [5.74, 6) is 0.866. The fourth-order valence-electron chi connectivity index (χ4n) is 1.96. The summed E-state index contributed by atoms with van der Waals surface area (Å²) in [5.41, 5.74) is 1.24. The Labute approximate surface area is 124 Å². The van der Waals surface area contributed by atoms with Crippen molar-refractivity contribution >= 4 is 23.6 Å². The molecule has 0 radical (unpaired) electrons. The van der Waals surface area contributed by atoms with Gasteiger partial charge in [-0.1, -0.05) is 25.3 Å². The predicted octanol–water partition coefficient (Wildman–Crippen LogP) is 2.18. The minimum atomic E-state index is -0.520. The van der Waals surface area contributed by atoms with Gasteiger partial charge in [0, 0.05) is 23.6 Å². The number of carbonyl (C=O) groups excluding carboxylic acids is 2. The first-order chi connectivity index (χ1) is 9.56. The van der Waals surface area contributed by atoms with Crippen molar-refractivity contribution in [2.45, 2.75) is 19.9 Å². The van der Waals surface area contributed by atoms with Crippen molar-refractivity contribution in [3.8, 4) is 0 Å². The number of rotatable bonds is 5. The highest BCUT2D eigenvalue weighted by molar-refractivity contribution is 7.99. The highest BCUT2D eigenvalue weighted by Gasteiger charge is 2.34. The molecule has 0 saturated carbocycles. The van der Waals surface area contributed by atoms with Crippen molar-refractivity contribution < 1.29 is 14.3 Å². The number of esters is 1. The van der Waals surface area contributed by atoms with Crippen molar-refractivity contribution in [2.24, 2.45) is 0 Å². The van der Waals surface area contributed by atoms with Crippen LogP contribution in [-0.2, 0) is 14.3 Å². The van der Waals surface area contributed by atoms with Crippen LogP contribution >= 0.6 is 11.8 Å². The van der Waals surface area contributed by atoms with Crippen LogP contribution in [0, 0.1) is 0 Å². The molecule has 4 nitrogen and oxygen atoms in total. The molecule has 1 rings (SSSR count). The average molecular weight is 295 g/mol. The lowest BCUT2D eigenvalue weighted by Crippen LogP contribution is -2.51. The zero-order valence-corrected chi connectivity index (χ0v) is 12.9. The maximum absolute atomic E-state index is 12.6. The number of carbonyl (C=O) groups is 2. The van der Waals surface area contributed by atoms with Crippen molar-refractivity contribution in [3.63, 3.8) is 0 Å². The van der Waals surface area contributed by atoms with E-state index in [-0.39, 0.29) is 11.9 Å². The van der Waals surface area contributed by atoms with Crippen LogP contribution in [0.5, 0.6) is 0 Å². The first-order valence-corrected chi connectivity index (χ1v) is 7.73. The number of hydrogen-bond acceptors (Lipinski definition) is 4. The summed E-state index contributed by atoms with van der Waals surface area (Å²) in [7, 11) is 0. The Kier molecular flexibility index (Phi) is 6.58. The molecule has 0 aliphatic carbocycles. The maximum Gasteiger partial charge on any atom is 0.329 e. The number of thioether (sulfide) groups is 1. The zero-order valence-electron chi connectivity index (χ0n) is 12.1. The molecule has 0 N–H and O–H groups in total. The molecule has 0 bridgehead atoms. The molecular weight excluding hydrogens is 274 g/mol. The van der Waals surface area contributed by atoms with E-state index in [1.807, 2.05) is 0 Å². The third-order valence-electron chi connectivity index (χ3n) is 3.11. The maximum atomic E-state index is 12.6. The Morgan fingerprint density at radius 1 is 1.40 bits per heavy atom. The first kappa shape index (κ1) is 16.6. The lowest BCUT2D eigenvalue weighted by molar-refractivity contribution is -0.152. The summed E-state index contributed by atoms with van der Waals surface area (Å²) in [4.78, 5) is 26.1. The van der Waals surface area contributed by atoms with Gasteiger partial charge >= 0.3 is 5.97 Å². The van der Waals surface area contributed by atoms with Crippen molar-refractivity contribution in [2.75, 3.05) is 24.7 Å². The van der Waals surface area contributed by atoms with Crippen LogP contribution in [0.4, 0.5) is 0 Å². The molecule has 1 aliphatic rings. The molecule has 1 amide bonds. The largest absolute Gasteiger partial charge is 0.464 e. The van der Waals surface area contributed by atoms with E-state index in [2.05, 4.69) is 13.2 Å². The third kappa shape index (κ3) is 3.76. The first-order valence-electron chi connectivity index (χ1n) is 6.57. The van der Waals surface area contributed by atoms with E-state index in [0.717, 1.165) is 11.3 Å². The van der Waals surface area contributed by atoms with Crippen LogP contribution in [0.15, 0.2) is 36.5 Å². The molecule has 1 aliphatic heterocycles. The zero-order chi connectivity index (χ0) is 15.1. The Balaban J connectivity index is 3.00. The summed E-state index contributed by atoms with van der Waals surface area (Å²) in [6.07, 6.45) is 3.14. The second-order valence-corrected chi connectivity index (χ2v) is 5.50. The van der Waals surface area contributed by atoms with E-state index < -0.39 is 6.04 Å². The van der Waals surface area contributed by atoms with Gasteiger partial charge in [-0.25, -0.2) is 4.79 Å². The molecule has 110 valence electrons. The molecule has 0 aromatic carbocycles. The monoisotopic (exact) mass is 295 g/mol. The van der Waals surface area contributed by atoms with Gasteiger partial charge in [-0.15, -0.1) is 0 Å². The molecule has 1 fully saturated rings. The number of amides is 1. The van der Waals surface area contributed by atoms with Gasteiger partial charge in [0.1, 0.15) is 6.04 Å². The van der Waals surface area contributed by atoms with E-state index in [1.54, 1.807) is 36.6 Å². The number of hydrogen-bond donors (Lipinski definition) is 0.